The fourth-order valence-corrected chi connectivity index (χ4v) is 3.11. The Hall–Kier alpha value is -1.16. The zero-order valence-electron chi connectivity index (χ0n) is 10.5. The van der Waals surface area contributed by atoms with Gasteiger partial charge >= 0.3 is 0 Å². The van der Waals surface area contributed by atoms with Crippen molar-refractivity contribution >= 4 is 16.9 Å². The molecule has 1 aromatic carbocycles. The minimum absolute atomic E-state index is 0.0215. The second-order valence-corrected chi connectivity index (χ2v) is 5.40. The molecule has 1 heterocycles. The lowest BCUT2D eigenvalue weighted by Crippen LogP contribution is -2.46. The summed E-state index contributed by atoms with van der Waals surface area (Å²) < 4.78 is 5.18. The van der Waals surface area contributed by atoms with Crippen molar-refractivity contribution in [1.82, 2.24) is 5.32 Å². The molecule has 1 N–H and O–H groups in total. The monoisotopic (exact) mass is 250 g/mol. The van der Waals surface area contributed by atoms with E-state index in [9.17, 15) is 0 Å². The van der Waals surface area contributed by atoms with Crippen LogP contribution in [-0.2, 0) is 5.54 Å². The molecule has 1 saturated heterocycles. The Bertz CT molecular complexity index is 416. The van der Waals surface area contributed by atoms with Gasteiger partial charge < -0.3 is 10.1 Å². The molecule has 1 atom stereocenters. The molecule has 1 aliphatic heterocycles. The summed E-state index contributed by atoms with van der Waals surface area (Å²) in [5.41, 5.74) is 1.26. The van der Waals surface area contributed by atoms with Gasteiger partial charge in [0.25, 0.3) is 0 Å². The highest BCUT2D eigenvalue weighted by atomic mass is 32.2. The molecule has 0 spiro atoms. The van der Waals surface area contributed by atoms with Crippen LogP contribution in [0.4, 0.5) is 0 Å². The van der Waals surface area contributed by atoms with Gasteiger partial charge in [0, 0.05) is 12.8 Å². The van der Waals surface area contributed by atoms with Gasteiger partial charge in [-0.3, -0.25) is 4.99 Å². The Morgan fingerprint density at radius 1 is 1.35 bits per heavy atom. The number of nitrogens with zero attached hydrogens (tertiary/aromatic N) is 1. The summed E-state index contributed by atoms with van der Waals surface area (Å²) in [7, 11) is 3.52. The Balaban J connectivity index is 2.24. The van der Waals surface area contributed by atoms with Gasteiger partial charge in [-0.1, -0.05) is 23.9 Å². The third kappa shape index (κ3) is 2.57. The van der Waals surface area contributed by atoms with Gasteiger partial charge in [-0.2, -0.15) is 0 Å². The molecule has 0 amide bonds. The third-order valence-corrected chi connectivity index (χ3v) is 4.12. The minimum atomic E-state index is -0.0215. The molecular formula is C13H18N2OS. The average molecular weight is 250 g/mol. The lowest BCUT2D eigenvalue weighted by molar-refractivity contribution is 0.408. The zero-order valence-corrected chi connectivity index (χ0v) is 11.3. The summed E-state index contributed by atoms with van der Waals surface area (Å²) in [5, 5.41) is 4.53. The van der Waals surface area contributed by atoms with Gasteiger partial charge in [-0.05, 0) is 31.0 Å². The standard InChI is InChI=1S/C13H18N2OS/c1-13(8-9-17-12(14-2)15-13)10-4-6-11(16-3)7-5-10/h4-7H,8-9H2,1-3H3,(H,14,15)/t13-/m1/s1. The maximum atomic E-state index is 5.18. The van der Waals surface area contributed by atoms with E-state index in [1.807, 2.05) is 19.2 Å². The zero-order chi connectivity index (χ0) is 12.3. The van der Waals surface area contributed by atoms with E-state index < -0.39 is 0 Å². The number of methoxy groups -OCH3 is 1. The smallest absolute Gasteiger partial charge is 0.156 e. The summed E-state index contributed by atoms with van der Waals surface area (Å²) in [6, 6.07) is 8.25. The van der Waals surface area contributed by atoms with Crippen molar-refractivity contribution in [3.8, 4) is 5.75 Å². The number of hydrogen-bond acceptors (Lipinski definition) is 3. The van der Waals surface area contributed by atoms with Crippen molar-refractivity contribution in [2.75, 3.05) is 19.9 Å². The Morgan fingerprint density at radius 3 is 2.65 bits per heavy atom. The number of hydrogen-bond donors (Lipinski definition) is 1. The number of benzene rings is 1. The molecule has 1 aliphatic rings. The number of thioether (sulfide) groups is 1. The molecule has 1 fully saturated rings. The average Bonchev–Trinajstić information content (AvgIpc) is 2.39. The van der Waals surface area contributed by atoms with Crippen LogP contribution < -0.4 is 10.1 Å². The van der Waals surface area contributed by atoms with E-state index in [0.29, 0.717) is 0 Å². The maximum Gasteiger partial charge on any atom is 0.156 e. The van der Waals surface area contributed by atoms with Crippen molar-refractivity contribution in [3.05, 3.63) is 29.8 Å². The van der Waals surface area contributed by atoms with Gasteiger partial charge in [-0.25, -0.2) is 0 Å². The molecule has 0 saturated carbocycles. The lowest BCUT2D eigenvalue weighted by atomic mass is 9.89. The van der Waals surface area contributed by atoms with Crippen LogP contribution in [0.5, 0.6) is 5.75 Å². The SMILES string of the molecule is CN=C1N[C@@](C)(c2ccc(OC)cc2)CCS1. The Kier molecular flexibility index (Phi) is 3.62. The molecule has 17 heavy (non-hydrogen) atoms. The summed E-state index contributed by atoms with van der Waals surface area (Å²) in [4.78, 5) is 4.25. The molecule has 0 radical (unpaired) electrons. The summed E-state index contributed by atoms with van der Waals surface area (Å²) in [5.74, 6) is 1.99. The van der Waals surface area contributed by atoms with Crippen LogP contribution in [-0.4, -0.2) is 25.1 Å². The molecule has 0 bridgehead atoms. The normalized spacial score (nSPS) is 26.6. The molecular weight excluding hydrogens is 232 g/mol. The molecule has 4 heteroatoms. The summed E-state index contributed by atoms with van der Waals surface area (Å²) in [6.07, 6.45) is 1.10. The molecule has 0 aromatic heterocycles. The van der Waals surface area contributed by atoms with E-state index >= 15 is 0 Å². The predicted octanol–water partition coefficient (Wildman–Crippen LogP) is 2.62. The summed E-state index contributed by atoms with van der Waals surface area (Å²) in [6.45, 7) is 2.22. The minimum Gasteiger partial charge on any atom is -0.497 e. The van der Waals surface area contributed by atoms with Crippen LogP contribution >= 0.6 is 11.8 Å². The molecule has 1 aromatic rings. The van der Waals surface area contributed by atoms with Gasteiger partial charge in [0.15, 0.2) is 5.17 Å². The van der Waals surface area contributed by atoms with Crippen molar-refractivity contribution in [2.24, 2.45) is 4.99 Å². The van der Waals surface area contributed by atoms with Crippen LogP contribution in [0.15, 0.2) is 29.3 Å². The second kappa shape index (κ2) is 5.00. The van der Waals surface area contributed by atoms with Gasteiger partial charge in [0.1, 0.15) is 5.75 Å². The van der Waals surface area contributed by atoms with Gasteiger partial charge in [0.2, 0.25) is 0 Å². The van der Waals surface area contributed by atoms with Crippen LogP contribution in [0, 0.1) is 0 Å². The topological polar surface area (TPSA) is 33.6 Å². The highest BCUT2D eigenvalue weighted by Gasteiger charge is 2.31. The van der Waals surface area contributed by atoms with E-state index in [2.05, 4.69) is 29.4 Å². The van der Waals surface area contributed by atoms with Crippen molar-refractivity contribution in [2.45, 2.75) is 18.9 Å². The van der Waals surface area contributed by atoms with Crippen LogP contribution in [0.2, 0.25) is 0 Å². The predicted molar refractivity (Wildman–Crippen MR) is 73.9 cm³/mol. The Labute approximate surface area is 107 Å². The summed E-state index contributed by atoms with van der Waals surface area (Å²) >= 11 is 1.78. The van der Waals surface area contributed by atoms with E-state index in [0.717, 1.165) is 23.1 Å². The first-order valence-corrected chi connectivity index (χ1v) is 6.69. The lowest BCUT2D eigenvalue weighted by Gasteiger charge is -2.36. The van der Waals surface area contributed by atoms with E-state index in [1.165, 1.54) is 5.56 Å². The Morgan fingerprint density at radius 2 is 2.06 bits per heavy atom. The van der Waals surface area contributed by atoms with Crippen molar-refractivity contribution in [3.63, 3.8) is 0 Å². The number of amidine groups is 1. The van der Waals surface area contributed by atoms with E-state index in [1.54, 1.807) is 18.9 Å². The second-order valence-electron chi connectivity index (χ2n) is 4.31. The number of nitrogens with one attached hydrogen (secondary N) is 1. The molecule has 92 valence electrons. The highest BCUT2D eigenvalue weighted by Crippen LogP contribution is 2.32. The van der Waals surface area contributed by atoms with Crippen molar-refractivity contribution in [1.29, 1.82) is 0 Å². The van der Waals surface area contributed by atoms with Crippen LogP contribution in [0.25, 0.3) is 0 Å². The number of rotatable bonds is 2. The van der Waals surface area contributed by atoms with Crippen LogP contribution in [0.3, 0.4) is 0 Å². The first kappa shape index (κ1) is 12.3. The molecule has 2 rings (SSSR count). The first-order chi connectivity index (χ1) is 8.18. The van der Waals surface area contributed by atoms with Crippen molar-refractivity contribution < 1.29 is 4.74 Å². The molecule has 0 aliphatic carbocycles. The first-order valence-electron chi connectivity index (χ1n) is 5.70. The number of aliphatic imine (C=N–C) groups is 1. The molecule has 3 nitrogen and oxygen atoms in total. The van der Waals surface area contributed by atoms with Crippen LogP contribution in [0.1, 0.15) is 18.9 Å². The van der Waals surface area contributed by atoms with E-state index in [-0.39, 0.29) is 5.54 Å². The maximum absolute atomic E-state index is 5.18. The highest BCUT2D eigenvalue weighted by molar-refractivity contribution is 8.13. The largest absolute Gasteiger partial charge is 0.497 e. The number of ether oxygens (including phenoxy) is 1. The quantitative estimate of drug-likeness (QED) is 0.876. The fourth-order valence-electron chi connectivity index (χ4n) is 1.98. The molecule has 0 unspecified atom stereocenters. The van der Waals surface area contributed by atoms with Gasteiger partial charge in [0.05, 0.1) is 12.6 Å². The fraction of sp³-hybridized carbons (Fsp3) is 0.462. The van der Waals surface area contributed by atoms with E-state index in [4.69, 9.17) is 4.74 Å². The third-order valence-electron chi connectivity index (χ3n) is 3.15. The van der Waals surface area contributed by atoms with Gasteiger partial charge in [-0.15, -0.1) is 0 Å².